The van der Waals surface area contributed by atoms with Gasteiger partial charge in [0.1, 0.15) is 5.82 Å². The van der Waals surface area contributed by atoms with Gasteiger partial charge in [-0.2, -0.15) is 0 Å². The summed E-state index contributed by atoms with van der Waals surface area (Å²) < 4.78 is 30.0. The number of piperidine rings is 1. The molecule has 1 heterocycles. The molecule has 25 heavy (non-hydrogen) atoms. The number of carboxylic acid groups (broad SMARTS) is 1. The fourth-order valence-corrected chi connectivity index (χ4v) is 5.11. The van der Waals surface area contributed by atoms with E-state index in [1.807, 2.05) is 20.8 Å². The van der Waals surface area contributed by atoms with Gasteiger partial charge < -0.3 is 10.4 Å². The van der Waals surface area contributed by atoms with Crippen LogP contribution in [0.2, 0.25) is 0 Å². The maximum absolute atomic E-state index is 14.6. The number of nitrogens with one attached hydrogen (secondary N) is 2. The van der Waals surface area contributed by atoms with E-state index in [0.717, 1.165) is 0 Å². The second-order valence-corrected chi connectivity index (χ2v) is 9.93. The van der Waals surface area contributed by atoms with Gasteiger partial charge in [-0.15, -0.1) is 0 Å². The van der Waals surface area contributed by atoms with Crippen LogP contribution in [0.25, 0.3) is 0 Å². The first-order chi connectivity index (χ1) is 11.7. The Hall–Kier alpha value is -1.31. The van der Waals surface area contributed by atoms with Gasteiger partial charge >= 0.3 is 5.97 Å². The number of fused-ring (bicyclic) bond motifs is 1. The Morgan fingerprint density at radius 1 is 1.36 bits per heavy atom. The van der Waals surface area contributed by atoms with Crippen molar-refractivity contribution in [1.82, 2.24) is 10.0 Å². The number of hydrogen-bond donors (Lipinski definition) is 3. The Bertz CT molecular complexity index is 711. The van der Waals surface area contributed by atoms with E-state index in [9.17, 15) is 18.5 Å². The Labute approximate surface area is 150 Å². The Morgan fingerprint density at radius 2 is 2.00 bits per heavy atom. The molecule has 1 aromatic carbocycles. The van der Waals surface area contributed by atoms with Crippen LogP contribution in [-0.2, 0) is 15.8 Å². The van der Waals surface area contributed by atoms with Crippen LogP contribution in [0.15, 0.2) is 18.2 Å². The van der Waals surface area contributed by atoms with Gasteiger partial charge in [0.2, 0.25) is 0 Å². The van der Waals surface area contributed by atoms with Crippen molar-refractivity contribution in [3.63, 3.8) is 0 Å². The van der Waals surface area contributed by atoms with Crippen LogP contribution in [-0.4, -0.2) is 33.1 Å². The summed E-state index contributed by atoms with van der Waals surface area (Å²) in [5, 5.41) is 13.2. The molecular formula is C18H25FN2O3S. The molecule has 7 heteroatoms. The van der Waals surface area contributed by atoms with E-state index in [1.54, 1.807) is 12.1 Å². The van der Waals surface area contributed by atoms with Crippen LogP contribution >= 0.6 is 0 Å². The van der Waals surface area contributed by atoms with E-state index in [0.29, 0.717) is 31.5 Å². The van der Waals surface area contributed by atoms with Gasteiger partial charge in [-0.1, -0.05) is 12.1 Å². The molecule has 1 aliphatic carbocycles. The van der Waals surface area contributed by atoms with Crippen LogP contribution in [0.4, 0.5) is 4.39 Å². The molecule has 1 spiro atoms. The van der Waals surface area contributed by atoms with Crippen LogP contribution in [0.3, 0.4) is 0 Å². The molecule has 3 N–H and O–H groups in total. The zero-order chi connectivity index (χ0) is 18.4. The predicted molar refractivity (Wildman–Crippen MR) is 95.1 cm³/mol. The average molecular weight is 368 g/mol. The van der Waals surface area contributed by atoms with E-state index in [2.05, 4.69) is 10.0 Å². The molecule has 0 radical (unpaired) electrons. The first-order valence-electron chi connectivity index (χ1n) is 8.58. The maximum Gasteiger partial charge on any atom is 0.311 e. The fourth-order valence-electron chi connectivity index (χ4n) is 4.18. The minimum Gasteiger partial charge on any atom is -0.481 e. The second-order valence-electron chi connectivity index (χ2n) is 7.93. The van der Waals surface area contributed by atoms with Crippen molar-refractivity contribution in [3.8, 4) is 0 Å². The first-order valence-corrected chi connectivity index (χ1v) is 9.73. The van der Waals surface area contributed by atoms with E-state index in [-0.39, 0.29) is 5.56 Å². The zero-order valence-corrected chi connectivity index (χ0v) is 15.6. The van der Waals surface area contributed by atoms with E-state index >= 15 is 0 Å². The van der Waals surface area contributed by atoms with E-state index in [4.69, 9.17) is 0 Å². The molecule has 2 aliphatic rings. The summed E-state index contributed by atoms with van der Waals surface area (Å²) in [6.45, 7) is 6.92. The number of rotatable bonds is 3. The highest BCUT2D eigenvalue weighted by molar-refractivity contribution is 7.84. The SMILES string of the molecule is CC(C)(C)S(=O)N[C@@H]1c2cccc(F)c2C(C(=O)O)C12CCNCC2. The van der Waals surface area contributed by atoms with Gasteiger partial charge in [-0.05, 0) is 58.3 Å². The van der Waals surface area contributed by atoms with E-state index in [1.165, 1.54) is 6.07 Å². The molecule has 1 fully saturated rings. The minimum absolute atomic E-state index is 0.250. The summed E-state index contributed by atoms with van der Waals surface area (Å²) in [6, 6.07) is 4.23. The monoisotopic (exact) mass is 368 g/mol. The Kier molecular flexibility index (Phi) is 4.77. The highest BCUT2D eigenvalue weighted by Gasteiger charge is 2.58. The van der Waals surface area contributed by atoms with Gasteiger partial charge in [0.25, 0.3) is 0 Å². The number of hydrogen-bond acceptors (Lipinski definition) is 3. The standard InChI is InChI=1S/C18H25FN2O3S/c1-17(2,3)25(24)21-15-11-5-4-6-12(19)13(11)14(16(22)23)18(15)7-9-20-10-8-18/h4-6,14-15,20-21H,7-10H2,1-3H3,(H,22,23)/t14?,15-,25?/m1/s1. The third kappa shape index (κ3) is 3.02. The first kappa shape index (κ1) is 18.5. The number of carboxylic acids is 1. The highest BCUT2D eigenvalue weighted by atomic mass is 32.2. The molecule has 3 atom stereocenters. The lowest BCUT2D eigenvalue weighted by Gasteiger charge is -2.43. The van der Waals surface area contributed by atoms with Crippen LogP contribution in [0.1, 0.15) is 56.7 Å². The lowest BCUT2D eigenvalue weighted by atomic mass is 9.67. The maximum atomic E-state index is 14.6. The predicted octanol–water partition coefficient (Wildman–Crippen LogP) is 2.47. The highest BCUT2D eigenvalue weighted by Crippen LogP contribution is 2.59. The van der Waals surface area contributed by atoms with Crippen molar-refractivity contribution in [2.75, 3.05) is 13.1 Å². The topological polar surface area (TPSA) is 78.4 Å². The van der Waals surface area contributed by atoms with Crippen molar-refractivity contribution in [1.29, 1.82) is 0 Å². The summed E-state index contributed by atoms with van der Waals surface area (Å²) in [5.74, 6) is -2.44. The van der Waals surface area contributed by atoms with Crippen molar-refractivity contribution >= 4 is 17.0 Å². The number of aliphatic carboxylic acids is 1. The van der Waals surface area contributed by atoms with Crippen molar-refractivity contribution in [2.24, 2.45) is 5.41 Å². The van der Waals surface area contributed by atoms with Gasteiger partial charge in [-0.3, -0.25) is 4.79 Å². The van der Waals surface area contributed by atoms with Crippen molar-refractivity contribution in [2.45, 2.75) is 50.3 Å². The van der Waals surface area contributed by atoms with Gasteiger partial charge in [0, 0.05) is 11.0 Å². The third-order valence-electron chi connectivity index (χ3n) is 5.40. The molecule has 3 rings (SSSR count). The molecule has 0 aromatic heterocycles. The van der Waals surface area contributed by atoms with Crippen molar-refractivity contribution < 1.29 is 18.5 Å². The molecule has 138 valence electrons. The van der Waals surface area contributed by atoms with E-state index < -0.39 is 44.9 Å². The molecule has 0 bridgehead atoms. The summed E-state index contributed by atoms with van der Waals surface area (Å²) in [6.07, 6.45) is 1.19. The Morgan fingerprint density at radius 3 is 2.56 bits per heavy atom. The quantitative estimate of drug-likeness (QED) is 0.766. The lowest BCUT2D eigenvalue weighted by Crippen LogP contribution is -2.49. The zero-order valence-electron chi connectivity index (χ0n) is 14.8. The number of benzene rings is 1. The second kappa shape index (κ2) is 6.45. The molecule has 5 nitrogen and oxygen atoms in total. The van der Waals surface area contributed by atoms with Crippen molar-refractivity contribution in [3.05, 3.63) is 35.1 Å². The number of carbonyl (C=O) groups is 1. The fraction of sp³-hybridized carbons (Fsp3) is 0.611. The molecule has 1 aromatic rings. The van der Waals surface area contributed by atoms with Crippen LogP contribution < -0.4 is 10.0 Å². The summed E-state index contributed by atoms with van der Waals surface area (Å²) in [7, 11) is -1.38. The normalized spacial score (nSPS) is 26.4. The van der Waals surface area contributed by atoms with Gasteiger partial charge in [-0.25, -0.2) is 13.3 Å². The third-order valence-corrected chi connectivity index (χ3v) is 6.96. The van der Waals surface area contributed by atoms with Crippen LogP contribution in [0, 0.1) is 11.2 Å². The molecule has 2 unspecified atom stereocenters. The number of halogens is 1. The van der Waals surface area contributed by atoms with Gasteiger partial charge in [0.05, 0.1) is 27.7 Å². The molecular weight excluding hydrogens is 343 g/mol. The van der Waals surface area contributed by atoms with Gasteiger partial charge in [0.15, 0.2) is 0 Å². The lowest BCUT2D eigenvalue weighted by molar-refractivity contribution is -0.143. The molecule has 0 saturated carbocycles. The van der Waals surface area contributed by atoms with Crippen LogP contribution in [0.5, 0.6) is 0 Å². The molecule has 0 amide bonds. The largest absolute Gasteiger partial charge is 0.481 e. The summed E-state index contributed by atoms with van der Waals surface area (Å²) >= 11 is 0. The Balaban J connectivity index is 2.14. The molecule has 1 saturated heterocycles. The smallest absolute Gasteiger partial charge is 0.311 e. The average Bonchev–Trinajstić information content (AvgIpc) is 2.79. The summed E-state index contributed by atoms with van der Waals surface area (Å²) in [5.41, 5.74) is 0.204. The molecule has 1 aliphatic heterocycles. The minimum atomic E-state index is -1.38. The summed E-state index contributed by atoms with van der Waals surface area (Å²) in [4.78, 5) is 12.1.